The highest BCUT2D eigenvalue weighted by Crippen LogP contribution is 2.26. The number of alkyl carbamates (subject to hydrolysis) is 1. The van der Waals surface area contributed by atoms with Gasteiger partial charge in [-0.2, -0.15) is 12.6 Å². The Balaban J connectivity index is 1.40. The lowest BCUT2D eigenvalue weighted by atomic mass is 10.0. The number of hydrogen-bond donors (Lipinski definition) is 5. The summed E-state index contributed by atoms with van der Waals surface area (Å²) in [5, 5.41) is 21.6. The summed E-state index contributed by atoms with van der Waals surface area (Å²) in [6.45, 7) is 1.48. The van der Waals surface area contributed by atoms with Crippen molar-refractivity contribution in [3.05, 3.63) is 39.9 Å². The van der Waals surface area contributed by atoms with Crippen LogP contribution in [0.2, 0.25) is 0 Å². The number of ketones is 1. The highest BCUT2D eigenvalue weighted by atomic mass is 32.1. The van der Waals surface area contributed by atoms with Crippen LogP contribution in [0.5, 0.6) is 0 Å². The van der Waals surface area contributed by atoms with E-state index < -0.39 is 34.3 Å². The van der Waals surface area contributed by atoms with E-state index in [-0.39, 0.29) is 37.1 Å². The second kappa shape index (κ2) is 12.0. The van der Waals surface area contributed by atoms with Crippen molar-refractivity contribution in [3.8, 4) is 0 Å². The van der Waals surface area contributed by atoms with E-state index in [0.717, 1.165) is 0 Å². The zero-order chi connectivity index (χ0) is 25.4. The molecule has 0 bridgehead atoms. The van der Waals surface area contributed by atoms with Gasteiger partial charge < -0.3 is 30.9 Å². The van der Waals surface area contributed by atoms with Crippen molar-refractivity contribution in [3.63, 3.8) is 0 Å². The monoisotopic (exact) mass is 508 g/mol. The summed E-state index contributed by atoms with van der Waals surface area (Å²) in [4.78, 5) is 61.3. The van der Waals surface area contributed by atoms with Crippen LogP contribution in [0.4, 0.5) is 10.5 Å². The molecule has 3 rings (SSSR count). The average Bonchev–Trinajstić information content (AvgIpc) is 3.32. The molecule has 1 aromatic carbocycles. The minimum Gasteiger partial charge on any atom is -0.445 e. The number of piperazine rings is 1. The van der Waals surface area contributed by atoms with Crippen LogP contribution in [-0.4, -0.2) is 90.1 Å². The molecular formula is C21H28N6O7S. The maximum absolute atomic E-state index is 13.0. The molecule has 0 spiro atoms. The van der Waals surface area contributed by atoms with Crippen LogP contribution in [0.25, 0.3) is 0 Å². The minimum atomic E-state index is -0.859. The number of rotatable bonds is 9. The number of nitro groups is 1. The smallest absolute Gasteiger partial charge is 0.407 e. The van der Waals surface area contributed by atoms with Gasteiger partial charge in [-0.05, 0) is 30.7 Å². The Morgan fingerprint density at radius 1 is 1.14 bits per heavy atom. The van der Waals surface area contributed by atoms with E-state index in [0.29, 0.717) is 38.2 Å². The molecule has 14 heteroatoms. The van der Waals surface area contributed by atoms with Crippen LogP contribution in [-0.2, 0) is 25.7 Å². The highest BCUT2D eigenvalue weighted by molar-refractivity contribution is 7.82. The van der Waals surface area contributed by atoms with Gasteiger partial charge in [-0.1, -0.05) is 0 Å². The number of hydrogen-bond acceptors (Lipinski definition) is 10. The zero-order valence-corrected chi connectivity index (χ0v) is 19.8. The average molecular weight is 509 g/mol. The fraction of sp³-hybridized carbons (Fsp3) is 0.524. The van der Waals surface area contributed by atoms with Gasteiger partial charge in [-0.3, -0.25) is 24.5 Å². The molecule has 2 heterocycles. The van der Waals surface area contributed by atoms with Crippen molar-refractivity contribution in [2.24, 2.45) is 0 Å². The number of nitrogens with zero attached hydrogens (tertiary/aromatic N) is 2. The molecule has 4 N–H and O–H groups in total. The molecule has 190 valence electrons. The number of thiol groups is 1. The Hall–Kier alpha value is -3.23. The van der Waals surface area contributed by atoms with Crippen LogP contribution >= 0.6 is 12.6 Å². The lowest BCUT2D eigenvalue weighted by molar-refractivity contribution is -0.384. The molecule has 2 atom stereocenters. The predicted molar refractivity (Wildman–Crippen MR) is 127 cm³/mol. The second-order valence-corrected chi connectivity index (χ2v) is 9.13. The summed E-state index contributed by atoms with van der Waals surface area (Å²) in [5.41, 5.74) is 0.457. The van der Waals surface area contributed by atoms with Crippen molar-refractivity contribution in [1.82, 2.24) is 26.2 Å². The number of non-ortho nitro benzene ring substituents is 1. The molecule has 2 aliphatic heterocycles. The highest BCUT2D eigenvalue weighted by Gasteiger charge is 2.44. The molecule has 3 amide bonds. The van der Waals surface area contributed by atoms with Gasteiger partial charge >= 0.3 is 6.09 Å². The third-order valence-corrected chi connectivity index (χ3v) is 6.35. The number of benzene rings is 1. The van der Waals surface area contributed by atoms with Gasteiger partial charge in [0.1, 0.15) is 23.9 Å². The summed E-state index contributed by atoms with van der Waals surface area (Å²) in [5.74, 6) is -1.13. The van der Waals surface area contributed by atoms with Crippen molar-refractivity contribution in [2.45, 2.75) is 23.8 Å². The number of Topliss-reactive ketones (excluding diaryl/α,β-unsaturated/α-hetero) is 1. The first-order valence-electron chi connectivity index (χ1n) is 11.1. The molecule has 2 fully saturated rings. The third kappa shape index (κ3) is 7.13. The summed E-state index contributed by atoms with van der Waals surface area (Å²) >= 11 is 4.55. The molecule has 1 aromatic rings. The lowest BCUT2D eigenvalue weighted by Gasteiger charge is -2.39. The first kappa shape index (κ1) is 26.4. The van der Waals surface area contributed by atoms with Crippen LogP contribution in [0.1, 0.15) is 12.0 Å². The van der Waals surface area contributed by atoms with E-state index in [1.165, 1.54) is 29.2 Å². The number of nitro benzene ring substituents is 1. The SMILES string of the molecule is O=C(CNC(=O)OCc1ccc([N+](=O)[O-])cc1)NCC(=O)C1CNCCN1C(=O)C1(S)CCNC1. The topological polar surface area (TPSA) is 172 Å². The summed E-state index contributed by atoms with van der Waals surface area (Å²) in [6.07, 6.45) is -0.287. The molecule has 2 unspecified atom stereocenters. The Morgan fingerprint density at radius 3 is 2.54 bits per heavy atom. The third-order valence-electron chi connectivity index (χ3n) is 5.78. The molecule has 0 aromatic heterocycles. The van der Waals surface area contributed by atoms with Crippen molar-refractivity contribution < 1.29 is 28.8 Å². The molecular weight excluding hydrogens is 480 g/mol. The summed E-state index contributed by atoms with van der Waals surface area (Å²) in [7, 11) is 0. The normalized spacial score (nSPS) is 21.7. The molecule has 35 heavy (non-hydrogen) atoms. The number of amides is 3. The van der Waals surface area contributed by atoms with Crippen LogP contribution < -0.4 is 21.3 Å². The van der Waals surface area contributed by atoms with Crippen LogP contribution in [0, 0.1) is 10.1 Å². The van der Waals surface area contributed by atoms with E-state index in [1.54, 1.807) is 0 Å². The van der Waals surface area contributed by atoms with Crippen molar-refractivity contribution in [2.75, 3.05) is 45.8 Å². The standard InChI is InChI=1S/C21H28N6O7S/c28-17(16-9-22-7-8-26(16)19(30)21(35)5-6-23-13-21)10-24-18(29)11-25-20(31)34-12-14-1-3-15(4-2-14)27(32)33/h1-4,16,22-23,35H,5-13H2,(H,24,29)(H,25,31). The van der Waals surface area contributed by atoms with E-state index in [2.05, 4.69) is 33.9 Å². The Morgan fingerprint density at radius 2 is 1.89 bits per heavy atom. The molecule has 2 saturated heterocycles. The summed E-state index contributed by atoms with van der Waals surface area (Å²) < 4.78 is 4.12. The van der Waals surface area contributed by atoms with Gasteiger partial charge in [0.15, 0.2) is 5.78 Å². The Kier molecular flexibility index (Phi) is 9.01. The Bertz CT molecular complexity index is 967. The van der Waals surface area contributed by atoms with E-state index in [9.17, 15) is 29.3 Å². The number of ether oxygens (including phenoxy) is 1. The van der Waals surface area contributed by atoms with Crippen molar-refractivity contribution >= 4 is 42.0 Å². The van der Waals surface area contributed by atoms with Gasteiger partial charge in [-0.25, -0.2) is 4.79 Å². The first-order chi connectivity index (χ1) is 16.7. The number of carbonyl (C=O) groups is 4. The van der Waals surface area contributed by atoms with Gasteiger partial charge in [0.25, 0.3) is 5.69 Å². The molecule has 13 nitrogen and oxygen atoms in total. The van der Waals surface area contributed by atoms with Crippen molar-refractivity contribution in [1.29, 1.82) is 0 Å². The van der Waals surface area contributed by atoms with E-state index in [1.807, 2.05) is 0 Å². The molecule has 2 aliphatic rings. The number of carbonyl (C=O) groups excluding carboxylic acids is 4. The molecule has 0 radical (unpaired) electrons. The summed E-state index contributed by atoms with van der Waals surface area (Å²) in [6, 6.07) is 4.77. The second-order valence-electron chi connectivity index (χ2n) is 8.27. The van der Waals surface area contributed by atoms with Gasteiger partial charge in [0.2, 0.25) is 11.8 Å². The quantitative estimate of drug-likeness (QED) is 0.159. The van der Waals surface area contributed by atoms with Gasteiger partial charge in [0, 0.05) is 38.3 Å². The van der Waals surface area contributed by atoms with Crippen LogP contribution in [0.3, 0.4) is 0 Å². The largest absolute Gasteiger partial charge is 0.445 e. The lowest BCUT2D eigenvalue weighted by Crippen LogP contribution is -2.62. The fourth-order valence-corrected chi connectivity index (χ4v) is 4.15. The van der Waals surface area contributed by atoms with Gasteiger partial charge in [0.05, 0.1) is 11.5 Å². The maximum Gasteiger partial charge on any atom is 0.407 e. The van der Waals surface area contributed by atoms with Gasteiger partial charge in [-0.15, -0.1) is 0 Å². The Labute approximate surface area is 206 Å². The molecule has 0 aliphatic carbocycles. The zero-order valence-electron chi connectivity index (χ0n) is 19.0. The van der Waals surface area contributed by atoms with E-state index >= 15 is 0 Å². The minimum absolute atomic E-state index is 0.0819. The fourth-order valence-electron chi connectivity index (χ4n) is 3.80. The van der Waals surface area contributed by atoms with E-state index in [4.69, 9.17) is 4.74 Å². The van der Waals surface area contributed by atoms with Crippen LogP contribution in [0.15, 0.2) is 24.3 Å². The predicted octanol–water partition coefficient (Wildman–Crippen LogP) is -1.03. The number of nitrogens with one attached hydrogen (secondary N) is 4. The maximum atomic E-state index is 13.0. The first-order valence-corrected chi connectivity index (χ1v) is 11.5. The molecule has 0 saturated carbocycles.